The van der Waals surface area contributed by atoms with E-state index in [0.717, 1.165) is 22.0 Å². The molecule has 0 spiro atoms. The number of hydrogen-bond donors (Lipinski definition) is 1. The maximum Gasteiger partial charge on any atom is 0.225 e. The van der Waals surface area contributed by atoms with Gasteiger partial charge in [0.15, 0.2) is 0 Å². The minimum Gasteiger partial charge on any atom is -0.366 e. The summed E-state index contributed by atoms with van der Waals surface area (Å²) in [5, 5.41) is 6.88. The lowest BCUT2D eigenvalue weighted by Crippen LogP contribution is -2.06. The van der Waals surface area contributed by atoms with E-state index in [4.69, 9.17) is 11.6 Å². The monoisotopic (exact) mass is 253 g/mol. The Bertz CT molecular complexity index is 525. The second kappa shape index (κ2) is 3.86. The smallest absolute Gasteiger partial charge is 0.225 e. The van der Waals surface area contributed by atoms with E-state index in [1.807, 2.05) is 11.4 Å². The number of fused-ring (bicyclic) bond motifs is 1. The Labute approximate surface area is 103 Å². The molecule has 1 saturated carbocycles. The van der Waals surface area contributed by atoms with E-state index >= 15 is 0 Å². The van der Waals surface area contributed by atoms with Crippen molar-refractivity contribution in [2.24, 2.45) is 5.92 Å². The molecule has 1 aliphatic rings. The Morgan fingerprint density at radius 2 is 2.44 bits per heavy atom. The lowest BCUT2D eigenvalue weighted by Gasteiger charge is -2.05. The van der Waals surface area contributed by atoms with E-state index in [0.29, 0.717) is 11.3 Å². The number of thiophene rings is 1. The summed E-state index contributed by atoms with van der Waals surface area (Å²) in [5.41, 5.74) is 0. The van der Waals surface area contributed by atoms with Crippen molar-refractivity contribution in [3.05, 3.63) is 16.7 Å². The van der Waals surface area contributed by atoms with Crippen molar-refractivity contribution in [3.63, 3.8) is 0 Å². The number of hydrogen-bond acceptors (Lipinski definition) is 4. The van der Waals surface area contributed by atoms with E-state index in [1.54, 1.807) is 11.3 Å². The third-order valence-electron chi connectivity index (χ3n) is 3.07. The molecular formula is C11H12ClN3S. The maximum atomic E-state index is 5.90. The molecule has 1 N–H and O–H groups in total. The van der Waals surface area contributed by atoms with Crippen LogP contribution in [0.3, 0.4) is 0 Å². The Morgan fingerprint density at radius 1 is 1.56 bits per heavy atom. The van der Waals surface area contributed by atoms with E-state index in [2.05, 4.69) is 22.2 Å². The van der Waals surface area contributed by atoms with Crippen molar-refractivity contribution in [2.75, 3.05) is 5.32 Å². The van der Waals surface area contributed by atoms with Gasteiger partial charge in [-0.25, -0.2) is 9.97 Å². The van der Waals surface area contributed by atoms with Crippen LogP contribution in [-0.2, 0) is 0 Å². The highest BCUT2D eigenvalue weighted by atomic mass is 35.5. The average molecular weight is 254 g/mol. The fourth-order valence-corrected chi connectivity index (χ4v) is 2.97. The molecule has 0 saturated heterocycles. The van der Waals surface area contributed by atoms with Crippen LogP contribution < -0.4 is 5.32 Å². The van der Waals surface area contributed by atoms with Gasteiger partial charge in [0.1, 0.15) is 10.6 Å². The number of nitrogens with zero attached hydrogens (tertiary/aromatic N) is 2. The van der Waals surface area contributed by atoms with Gasteiger partial charge in [-0.3, -0.25) is 0 Å². The Morgan fingerprint density at radius 3 is 3.19 bits per heavy atom. The van der Waals surface area contributed by atoms with Gasteiger partial charge in [0, 0.05) is 6.04 Å². The standard InChI is InChI=1S/C11H12ClN3S/c1-2-6-5-8(6)13-9-7-3-4-16-10(7)15-11(12)14-9/h3-4,6,8H,2,5H2,1H3,(H,13,14,15). The summed E-state index contributed by atoms with van der Waals surface area (Å²) in [7, 11) is 0. The molecule has 5 heteroatoms. The molecule has 0 amide bonds. The molecule has 84 valence electrons. The fraction of sp³-hybridized carbons (Fsp3) is 0.455. The molecule has 3 nitrogen and oxygen atoms in total. The van der Waals surface area contributed by atoms with Crippen LogP contribution in [-0.4, -0.2) is 16.0 Å². The SMILES string of the molecule is CCC1CC1Nc1nc(Cl)nc2sccc12. The molecule has 2 atom stereocenters. The van der Waals surface area contributed by atoms with Crippen molar-refractivity contribution in [2.45, 2.75) is 25.8 Å². The average Bonchev–Trinajstić information content (AvgIpc) is 2.83. The van der Waals surface area contributed by atoms with Gasteiger partial charge >= 0.3 is 0 Å². The van der Waals surface area contributed by atoms with Crippen LogP contribution in [0.15, 0.2) is 11.4 Å². The maximum absolute atomic E-state index is 5.90. The van der Waals surface area contributed by atoms with E-state index in [9.17, 15) is 0 Å². The molecule has 0 aliphatic heterocycles. The molecule has 0 radical (unpaired) electrons. The lowest BCUT2D eigenvalue weighted by atomic mass is 10.3. The zero-order valence-corrected chi connectivity index (χ0v) is 10.5. The minimum absolute atomic E-state index is 0.325. The lowest BCUT2D eigenvalue weighted by molar-refractivity contribution is 0.774. The zero-order valence-electron chi connectivity index (χ0n) is 8.90. The molecule has 2 aromatic rings. The second-order valence-corrected chi connectivity index (χ2v) is 5.37. The van der Waals surface area contributed by atoms with Crippen LogP contribution in [0.1, 0.15) is 19.8 Å². The van der Waals surface area contributed by atoms with Crippen molar-refractivity contribution in [3.8, 4) is 0 Å². The third-order valence-corrected chi connectivity index (χ3v) is 4.04. The summed E-state index contributed by atoms with van der Waals surface area (Å²) in [6.07, 6.45) is 2.47. The molecular weight excluding hydrogens is 242 g/mol. The molecule has 3 rings (SSSR count). The predicted molar refractivity (Wildman–Crippen MR) is 68.2 cm³/mol. The Hall–Kier alpha value is -0.870. The van der Waals surface area contributed by atoms with E-state index < -0.39 is 0 Å². The molecule has 2 unspecified atom stereocenters. The number of halogens is 1. The van der Waals surface area contributed by atoms with Crippen molar-refractivity contribution in [1.29, 1.82) is 0 Å². The summed E-state index contributed by atoms with van der Waals surface area (Å²) in [5.74, 6) is 1.68. The first kappa shape index (κ1) is 10.3. The topological polar surface area (TPSA) is 37.8 Å². The molecule has 16 heavy (non-hydrogen) atoms. The van der Waals surface area contributed by atoms with Crippen LogP contribution in [0.25, 0.3) is 10.2 Å². The first-order valence-electron chi connectivity index (χ1n) is 5.45. The number of aromatic nitrogens is 2. The first-order valence-corrected chi connectivity index (χ1v) is 6.71. The third kappa shape index (κ3) is 1.76. The van der Waals surface area contributed by atoms with Gasteiger partial charge in [0.25, 0.3) is 0 Å². The second-order valence-electron chi connectivity index (χ2n) is 4.14. The highest BCUT2D eigenvalue weighted by Gasteiger charge is 2.35. The first-order chi connectivity index (χ1) is 7.78. The van der Waals surface area contributed by atoms with Crippen LogP contribution in [0.2, 0.25) is 5.28 Å². The Kier molecular flexibility index (Phi) is 2.48. The molecule has 2 heterocycles. The van der Waals surface area contributed by atoms with E-state index in [-0.39, 0.29) is 0 Å². The minimum atomic E-state index is 0.325. The quantitative estimate of drug-likeness (QED) is 0.850. The van der Waals surface area contributed by atoms with Crippen molar-refractivity contribution in [1.82, 2.24) is 9.97 Å². The van der Waals surface area contributed by atoms with Gasteiger partial charge in [0.05, 0.1) is 5.39 Å². The van der Waals surface area contributed by atoms with Crippen molar-refractivity contribution < 1.29 is 0 Å². The summed E-state index contributed by atoms with van der Waals surface area (Å²) < 4.78 is 0. The molecule has 0 aromatic carbocycles. The van der Waals surface area contributed by atoms with E-state index in [1.165, 1.54) is 12.8 Å². The van der Waals surface area contributed by atoms with Gasteiger partial charge in [0.2, 0.25) is 5.28 Å². The summed E-state index contributed by atoms with van der Waals surface area (Å²) >= 11 is 7.49. The molecule has 2 aromatic heterocycles. The Balaban J connectivity index is 1.93. The van der Waals surface area contributed by atoms with Gasteiger partial charge in [-0.1, -0.05) is 13.3 Å². The van der Waals surface area contributed by atoms with Crippen molar-refractivity contribution >= 4 is 39.0 Å². The fourth-order valence-electron chi connectivity index (χ4n) is 1.99. The summed E-state index contributed by atoms with van der Waals surface area (Å²) in [6, 6.07) is 2.61. The van der Waals surface area contributed by atoms with Gasteiger partial charge in [-0.05, 0) is 35.4 Å². The predicted octanol–water partition coefficient (Wildman–Crippen LogP) is 3.56. The van der Waals surface area contributed by atoms with Crippen LogP contribution in [0.5, 0.6) is 0 Å². The van der Waals surface area contributed by atoms with Crippen LogP contribution >= 0.6 is 22.9 Å². The molecule has 0 bridgehead atoms. The van der Waals surface area contributed by atoms with Gasteiger partial charge in [-0.15, -0.1) is 11.3 Å². The van der Waals surface area contributed by atoms with Gasteiger partial charge < -0.3 is 5.32 Å². The number of nitrogens with one attached hydrogen (secondary N) is 1. The largest absolute Gasteiger partial charge is 0.366 e. The normalized spacial score (nSPS) is 23.6. The van der Waals surface area contributed by atoms with Crippen LogP contribution in [0, 0.1) is 5.92 Å². The van der Waals surface area contributed by atoms with Crippen LogP contribution in [0.4, 0.5) is 5.82 Å². The number of anilines is 1. The highest BCUT2D eigenvalue weighted by Crippen LogP contribution is 2.37. The van der Waals surface area contributed by atoms with Gasteiger partial charge in [-0.2, -0.15) is 0 Å². The molecule has 1 fully saturated rings. The summed E-state index contributed by atoms with van der Waals surface area (Å²) in [4.78, 5) is 9.42. The summed E-state index contributed by atoms with van der Waals surface area (Å²) in [6.45, 7) is 2.22. The highest BCUT2D eigenvalue weighted by molar-refractivity contribution is 7.16. The zero-order chi connectivity index (χ0) is 11.1. The number of rotatable bonds is 3. The molecule has 1 aliphatic carbocycles.